The van der Waals surface area contributed by atoms with Crippen molar-refractivity contribution in [1.29, 1.82) is 0 Å². The zero-order valence-electron chi connectivity index (χ0n) is 23.3. The smallest absolute Gasteiger partial charge is 0.297 e. The maximum absolute atomic E-state index is 13.1. The first-order valence-electron chi connectivity index (χ1n) is 13.3. The molecule has 40 heavy (non-hydrogen) atoms. The van der Waals surface area contributed by atoms with Crippen molar-refractivity contribution in [1.82, 2.24) is 4.98 Å². The van der Waals surface area contributed by atoms with Crippen molar-refractivity contribution in [3.05, 3.63) is 70.8 Å². The minimum atomic E-state index is -3.91. The topological polar surface area (TPSA) is 106 Å². The second-order valence-corrected chi connectivity index (χ2v) is 11.5. The third kappa shape index (κ3) is 5.38. The van der Waals surface area contributed by atoms with Gasteiger partial charge in [-0.3, -0.25) is 9.18 Å². The number of hydrogen-bond donors (Lipinski definition) is 0. The molecule has 212 valence electrons. The standard InChI is InChI=1S/C30H34N2O7S/c1-6-38-27-16-22-23-15-19(39-40(33,34)20-10-7-18(2)8-11-20)9-13-25(23)31-29(24(22)17-26(27)35-3)21-12-14-28(36-4)32-30(21)37-5/h7-8,10-12,14,16-17,19,23,25H,6,9,13,15H2,1-5H3/t19-,23-,25-/m1/s1. The highest BCUT2D eigenvalue weighted by Crippen LogP contribution is 2.46. The van der Waals surface area contributed by atoms with E-state index in [4.69, 9.17) is 28.1 Å². The fourth-order valence-electron chi connectivity index (χ4n) is 5.47. The lowest BCUT2D eigenvalue weighted by atomic mass is 9.74. The Morgan fingerprint density at radius 1 is 0.900 bits per heavy atom. The first kappa shape index (κ1) is 27.9. The number of pyridine rings is 1. The summed E-state index contributed by atoms with van der Waals surface area (Å²) >= 11 is 0. The minimum absolute atomic E-state index is 0.0759. The zero-order chi connectivity index (χ0) is 28.4. The summed E-state index contributed by atoms with van der Waals surface area (Å²) in [5, 5.41) is 0. The predicted octanol–water partition coefficient (Wildman–Crippen LogP) is 5.08. The SMILES string of the molecule is CCOc1cc2c(cc1OC)C(c1ccc(OC)nc1OC)=N[C@@H]1CC[C@@H](OS(=O)(=O)c3ccc(C)cc3)C[C@H]21. The number of aryl methyl sites for hydroxylation is 1. The Bertz CT molecular complexity index is 1520. The number of methoxy groups -OCH3 is 3. The van der Waals surface area contributed by atoms with Crippen molar-refractivity contribution in [2.45, 2.75) is 56.1 Å². The quantitative estimate of drug-likeness (QED) is 0.331. The van der Waals surface area contributed by atoms with Crippen LogP contribution in [0.25, 0.3) is 0 Å². The highest BCUT2D eigenvalue weighted by atomic mass is 32.2. The summed E-state index contributed by atoms with van der Waals surface area (Å²) in [7, 11) is 0.812. The number of hydrogen-bond acceptors (Lipinski definition) is 9. The molecule has 1 aliphatic carbocycles. The normalized spacial score (nSPS) is 20.1. The Labute approximate surface area is 235 Å². The van der Waals surface area contributed by atoms with Gasteiger partial charge in [0.2, 0.25) is 11.8 Å². The molecule has 0 bridgehead atoms. The lowest BCUT2D eigenvalue weighted by Crippen LogP contribution is -2.36. The zero-order valence-corrected chi connectivity index (χ0v) is 24.2. The van der Waals surface area contributed by atoms with Crippen LogP contribution in [0.15, 0.2) is 58.4 Å². The maximum atomic E-state index is 13.1. The Balaban J connectivity index is 1.55. The molecule has 0 N–H and O–H groups in total. The van der Waals surface area contributed by atoms with Gasteiger partial charge in [-0.05, 0) is 69.0 Å². The summed E-state index contributed by atoms with van der Waals surface area (Å²) < 4.78 is 54.5. The van der Waals surface area contributed by atoms with Gasteiger partial charge in [0.25, 0.3) is 10.1 Å². The van der Waals surface area contributed by atoms with Gasteiger partial charge in [0.1, 0.15) is 0 Å². The number of nitrogens with zero attached hydrogens (tertiary/aromatic N) is 2. The average molecular weight is 567 g/mol. The van der Waals surface area contributed by atoms with Crippen molar-refractivity contribution < 1.29 is 31.5 Å². The van der Waals surface area contributed by atoms with Gasteiger partial charge in [-0.25, -0.2) is 0 Å². The number of aliphatic imine (C=N–C) groups is 1. The molecule has 0 radical (unpaired) electrons. The van der Waals surface area contributed by atoms with Crippen LogP contribution in [0.3, 0.4) is 0 Å². The van der Waals surface area contributed by atoms with Crippen LogP contribution in [-0.2, 0) is 14.3 Å². The average Bonchev–Trinajstić information content (AvgIpc) is 2.96. The van der Waals surface area contributed by atoms with Crippen LogP contribution in [0.5, 0.6) is 23.3 Å². The fraction of sp³-hybridized carbons (Fsp3) is 0.400. The summed E-state index contributed by atoms with van der Waals surface area (Å²) in [6.45, 7) is 4.31. The fourth-order valence-corrected chi connectivity index (χ4v) is 6.58. The van der Waals surface area contributed by atoms with Crippen LogP contribution >= 0.6 is 0 Å². The summed E-state index contributed by atoms with van der Waals surface area (Å²) in [5.74, 6) is 1.97. The second kappa shape index (κ2) is 11.5. The van der Waals surface area contributed by atoms with Gasteiger partial charge in [0, 0.05) is 17.5 Å². The Morgan fingerprint density at radius 3 is 2.35 bits per heavy atom. The van der Waals surface area contributed by atoms with E-state index in [0.717, 1.165) is 28.0 Å². The van der Waals surface area contributed by atoms with Crippen LogP contribution in [0.2, 0.25) is 0 Å². The first-order valence-corrected chi connectivity index (χ1v) is 14.7. The van der Waals surface area contributed by atoms with E-state index in [0.29, 0.717) is 49.1 Å². The molecule has 1 aromatic heterocycles. The van der Waals surface area contributed by atoms with Crippen molar-refractivity contribution in [3.8, 4) is 23.3 Å². The lowest BCUT2D eigenvalue weighted by Gasteiger charge is -2.38. The van der Waals surface area contributed by atoms with Gasteiger partial charge in [-0.15, -0.1) is 0 Å². The van der Waals surface area contributed by atoms with Gasteiger partial charge < -0.3 is 18.9 Å². The largest absolute Gasteiger partial charge is 0.493 e. The summed E-state index contributed by atoms with van der Waals surface area (Å²) in [5.41, 5.74) is 4.30. The second-order valence-electron chi connectivity index (χ2n) is 9.88. The molecule has 0 amide bonds. The summed E-state index contributed by atoms with van der Waals surface area (Å²) in [6.07, 6.45) is 1.23. The van der Waals surface area contributed by atoms with Gasteiger partial charge in [-0.2, -0.15) is 13.4 Å². The molecule has 1 saturated carbocycles. The molecule has 9 nitrogen and oxygen atoms in total. The van der Waals surface area contributed by atoms with Gasteiger partial charge in [-0.1, -0.05) is 17.7 Å². The van der Waals surface area contributed by atoms with E-state index in [2.05, 4.69) is 4.98 Å². The highest BCUT2D eigenvalue weighted by molar-refractivity contribution is 7.86. The third-order valence-electron chi connectivity index (χ3n) is 7.42. The number of aromatic nitrogens is 1. The number of fused-ring (bicyclic) bond motifs is 3. The van der Waals surface area contributed by atoms with Crippen LogP contribution in [0.1, 0.15) is 54.4 Å². The van der Waals surface area contributed by atoms with Gasteiger partial charge in [0.15, 0.2) is 11.5 Å². The van der Waals surface area contributed by atoms with E-state index < -0.39 is 16.2 Å². The Hall–Kier alpha value is -3.63. The number of benzene rings is 2. The monoisotopic (exact) mass is 566 g/mol. The Morgan fingerprint density at radius 2 is 1.68 bits per heavy atom. The van der Waals surface area contributed by atoms with Crippen molar-refractivity contribution in [2.75, 3.05) is 27.9 Å². The molecule has 0 saturated heterocycles. The molecular formula is C30H34N2O7S. The summed E-state index contributed by atoms with van der Waals surface area (Å²) in [6, 6.07) is 14.2. The van der Waals surface area contributed by atoms with Crippen LogP contribution in [0, 0.1) is 6.92 Å². The molecule has 0 unspecified atom stereocenters. The highest BCUT2D eigenvalue weighted by Gasteiger charge is 2.40. The number of rotatable bonds is 9. The van der Waals surface area contributed by atoms with E-state index in [1.807, 2.05) is 32.0 Å². The molecule has 2 aliphatic rings. The Kier molecular flexibility index (Phi) is 8.00. The van der Waals surface area contributed by atoms with E-state index in [9.17, 15) is 8.42 Å². The molecule has 10 heteroatoms. The molecule has 1 fully saturated rings. The van der Waals surface area contributed by atoms with Crippen LogP contribution < -0.4 is 18.9 Å². The van der Waals surface area contributed by atoms with E-state index in [1.165, 1.54) is 0 Å². The molecule has 0 spiro atoms. The molecule has 2 heterocycles. The van der Waals surface area contributed by atoms with Crippen LogP contribution in [0.4, 0.5) is 0 Å². The van der Waals surface area contributed by atoms with E-state index >= 15 is 0 Å². The maximum Gasteiger partial charge on any atom is 0.297 e. The minimum Gasteiger partial charge on any atom is -0.493 e. The molecule has 1 aliphatic heterocycles. The predicted molar refractivity (Wildman–Crippen MR) is 151 cm³/mol. The van der Waals surface area contributed by atoms with Crippen LogP contribution in [-0.4, -0.2) is 59.2 Å². The molecule has 3 atom stereocenters. The molecule has 3 aromatic rings. The van der Waals surface area contributed by atoms with E-state index in [1.54, 1.807) is 51.7 Å². The van der Waals surface area contributed by atoms with Crippen molar-refractivity contribution in [3.63, 3.8) is 0 Å². The van der Waals surface area contributed by atoms with Crippen molar-refractivity contribution in [2.24, 2.45) is 4.99 Å². The first-order chi connectivity index (χ1) is 19.3. The third-order valence-corrected chi connectivity index (χ3v) is 8.79. The number of ether oxygens (including phenoxy) is 4. The van der Waals surface area contributed by atoms with E-state index in [-0.39, 0.29) is 16.9 Å². The summed E-state index contributed by atoms with van der Waals surface area (Å²) in [4.78, 5) is 9.81. The molecule has 5 rings (SSSR count). The van der Waals surface area contributed by atoms with Crippen molar-refractivity contribution >= 4 is 15.8 Å². The molecule has 2 aromatic carbocycles. The lowest BCUT2D eigenvalue weighted by molar-refractivity contribution is 0.140. The van der Waals surface area contributed by atoms with Gasteiger partial charge in [0.05, 0.1) is 56.3 Å². The molecular weight excluding hydrogens is 532 g/mol. The van der Waals surface area contributed by atoms with Gasteiger partial charge >= 0.3 is 0 Å².